The van der Waals surface area contributed by atoms with E-state index in [9.17, 15) is 22.4 Å². The van der Waals surface area contributed by atoms with E-state index in [4.69, 9.17) is 11.6 Å². The quantitative estimate of drug-likeness (QED) is 0.558. The number of hydrogen-bond acceptors (Lipinski definition) is 4. The molecule has 0 aromatic heterocycles. The van der Waals surface area contributed by atoms with Gasteiger partial charge in [0.05, 0.1) is 11.9 Å². The van der Waals surface area contributed by atoms with Gasteiger partial charge in [0.15, 0.2) is 0 Å². The van der Waals surface area contributed by atoms with Crippen LogP contribution in [0.25, 0.3) is 0 Å². The lowest BCUT2D eigenvalue weighted by molar-refractivity contribution is -0.139. The van der Waals surface area contributed by atoms with Gasteiger partial charge in [-0.15, -0.1) is 0 Å². The number of carbonyl (C=O) groups excluding carboxylic acids is 2. The van der Waals surface area contributed by atoms with Crippen LogP contribution in [0.4, 0.5) is 10.1 Å². The van der Waals surface area contributed by atoms with Crippen molar-refractivity contribution in [3.8, 4) is 0 Å². The largest absolute Gasteiger partial charge is 0.352 e. The summed E-state index contributed by atoms with van der Waals surface area (Å²) in [5.41, 5.74) is 0.489. The van der Waals surface area contributed by atoms with Gasteiger partial charge in [0.25, 0.3) is 0 Å². The van der Waals surface area contributed by atoms with Gasteiger partial charge >= 0.3 is 0 Å². The minimum Gasteiger partial charge on any atom is -0.352 e. The predicted molar refractivity (Wildman–Crippen MR) is 130 cm³/mol. The number of halogens is 2. The Hall–Kier alpha value is -2.65. The molecular weight excluding hydrogens is 481 g/mol. The summed E-state index contributed by atoms with van der Waals surface area (Å²) >= 11 is 5.91. The number of carbonyl (C=O) groups is 2. The summed E-state index contributed by atoms with van der Waals surface area (Å²) in [5.74, 6) is -1.49. The van der Waals surface area contributed by atoms with Gasteiger partial charge in [-0.1, -0.05) is 42.6 Å². The van der Waals surface area contributed by atoms with Gasteiger partial charge in [-0.3, -0.25) is 13.9 Å². The zero-order valence-corrected chi connectivity index (χ0v) is 20.8. The van der Waals surface area contributed by atoms with E-state index in [0.29, 0.717) is 5.02 Å². The summed E-state index contributed by atoms with van der Waals surface area (Å²) < 4.78 is 40.4. The van der Waals surface area contributed by atoms with Crippen LogP contribution in [-0.2, 0) is 26.2 Å². The van der Waals surface area contributed by atoms with Crippen molar-refractivity contribution in [2.24, 2.45) is 0 Å². The highest BCUT2D eigenvalue weighted by molar-refractivity contribution is 7.92. The van der Waals surface area contributed by atoms with Crippen molar-refractivity contribution in [2.45, 2.75) is 51.2 Å². The molecule has 0 aliphatic heterocycles. The summed E-state index contributed by atoms with van der Waals surface area (Å²) in [5, 5.41) is 3.38. The van der Waals surface area contributed by atoms with Gasteiger partial charge in [-0.25, -0.2) is 12.8 Å². The molecule has 2 aromatic rings. The molecule has 0 saturated heterocycles. The smallest absolute Gasteiger partial charge is 0.244 e. The second-order valence-electron chi connectivity index (χ2n) is 8.53. The molecule has 0 heterocycles. The SMILES string of the molecule is CC(C(=O)NC1CCCC1)N(Cc1ccccc1F)C(=O)CN(c1ccc(Cl)cc1)S(C)(=O)=O. The number of benzene rings is 2. The van der Waals surface area contributed by atoms with Crippen molar-refractivity contribution in [1.82, 2.24) is 10.2 Å². The fraction of sp³-hybridized carbons (Fsp3) is 0.417. The van der Waals surface area contributed by atoms with Crippen LogP contribution in [-0.4, -0.2) is 50.0 Å². The van der Waals surface area contributed by atoms with Crippen molar-refractivity contribution in [3.05, 3.63) is 64.9 Å². The Bertz CT molecular complexity index is 1120. The fourth-order valence-electron chi connectivity index (χ4n) is 4.01. The molecule has 0 spiro atoms. The third kappa shape index (κ3) is 6.70. The molecule has 2 aromatic carbocycles. The first-order chi connectivity index (χ1) is 16.1. The Morgan fingerprint density at radius 1 is 1.12 bits per heavy atom. The van der Waals surface area contributed by atoms with Gasteiger partial charge in [0.1, 0.15) is 18.4 Å². The molecule has 0 bridgehead atoms. The second kappa shape index (κ2) is 11.2. The molecule has 7 nitrogen and oxygen atoms in total. The van der Waals surface area contributed by atoms with Crippen LogP contribution in [0, 0.1) is 5.82 Å². The molecule has 1 aliphatic rings. The second-order valence-corrected chi connectivity index (χ2v) is 10.9. The van der Waals surface area contributed by atoms with Crippen molar-refractivity contribution < 1.29 is 22.4 Å². The molecule has 1 fully saturated rings. The highest BCUT2D eigenvalue weighted by Crippen LogP contribution is 2.22. The molecule has 10 heteroatoms. The lowest BCUT2D eigenvalue weighted by atomic mass is 10.1. The highest BCUT2D eigenvalue weighted by Gasteiger charge is 2.31. The number of hydrogen-bond donors (Lipinski definition) is 1. The third-order valence-electron chi connectivity index (χ3n) is 5.96. The van der Waals surface area contributed by atoms with E-state index in [1.807, 2.05) is 0 Å². The van der Waals surface area contributed by atoms with Crippen molar-refractivity contribution in [1.29, 1.82) is 0 Å². The van der Waals surface area contributed by atoms with E-state index >= 15 is 0 Å². The summed E-state index contributed by atoms with van der Waals surface area (Å²) in [6, 6.07) is 11.1. The Morgan fingerprint density at radius 2 is 1.74 bits per heavy atom. The Labute approximate surface area is 204 Å². The van der Waals surface area contributed by atoms with E-state index in [0.717, 1.165) is 36.2 Å². The average Bonchev–Trinajstić information content (AvgIpc) is 3.29. The van der Waals surface area contributed by atoms with Gasteiger partial charge in [-0.2, -0.15) is 0 Å². The maximum Gasteiger partial charge on any atom is 0.244 e. The molecule has 3 rings (SSSR count). The van der Waals surface area contributed by atoms with Crippen LogP contribution < -0.4 is 9.62 Å². The van der Waals surface area contributed by atoms with Crippen LogP contribution >= 0.6 is 11.6 Å². The molecule has 1 aliphatic carbocycles. The lowest BCUT2D eigenvalue weighted by Crippen LogP contribution is -2.52. The summed E-state index contributed by atoms with van der Waals surface area (Å²) in [6.07, 6.45) is 4.80. The fourth-order valence-corrected chi connectivity index (χ4v) is 4.98. The van der Waals surface area contributed by atoms with Crippen molar-refractivity contribution >= 4 is 39.1 Å². The minimum absolute atomic E-state index is 0.0435. The number of nitrogens with one attached hydrogen (secondary N) is 1. The molecule has 1 N–H and O–H groups in total. The molecule has 1 atom stereocenters. The minimum atomic E-state index is -3.84. The molecular formula is C24H29ClFN3O4S. The first-order valence-electron chi connectivity index (χ1n) is 11.1. The Balaban J connectivity index is 1.88. The highest BCUT2D eigenvalue weighted by atomic mass is 35.5. The maximum atomic E-state index is 14.4. The first-order valence-corrected chi connectivity index (χ1v) is 13.4. The number of nitrogens with zero attached hydrogens (tertiary/aromatic N) is 2. The van der Waals surface area contributed by atoms with E-state index < -0.39 is 34.3 Å². The number of sulfonamides is 1. The zero-order valence-electron chi connectivity index (χ0n) is 19.2. The number of amides is 2. The van der Waals surface area contributed by atoms with Crippen LogP contribution in [0.2, 0.25) is 5.02 Å². The summed E-state index contributed by atoms with van der Waals surface area (Å²) in [7, 11) is -3.84. The molecule has 184 valence electrons. The first kappa shape index (κ1) is 26.0. The maximum absolute atomic E-state index is 14.4. The van der Waals surface area contributed by atoms with Crippen LogP contribution in [0.3, 0.4) is 0 Å². The number of anilines is 1. The molecule has 34 heavy (non-hydrogen) atoms. The van der Waals surface area contributed by atoms with Crippen molar-refractivity contribution in [2.75, 3.05) is 17.1 Å². The average molecular weight is 510 g/mol. The molecule has 1 unspecified atom stereocenters. The van der Waals surface area contributed by atoms with Crippen LogP contribution in [0.5, 0.6) is 0 Å². The monoisotopic (exact) mass is 509 g/mol. The zero-order chi connectivity index (χ0) is 24.9. The third-order valence-corrected chi connectivity index (χ3v) is 7.35. The topological polar surface area (TPSA) is 86.8 Å². The summed E-state index contributed by atoms with van der Waals surface area (Å²) in [4.78, 5) is 27.6. The number of rotatable bonds is 9. The van der Waals surface area contributed by atoms with Gasteiger partial charge < -0.3 is 10.2 Å². The van der Waals surface area contributed by atoms with Gasteiger partial charge in [0, 0.05) is 23.2 Å². The normalized spacial score (nSPS) is 15.1. The summed E-state index contributed by atoms with van der Waals surface area (Å²) in [6.45, 7) is 0.842. The van der Waals surface area contributed by atoms with Crippen LogP contribution in [0.1, 0.15) is 38.2 Å². The molecule has 2 amide bonds. The molecule has 1 saturated carbocycles. The van der Waals surface area contributed by atoms with E-state index in [1.54, 1.807) is 13.0 Å². The van der Waals surface area contributed by atoms with Crippen LogP contribution in [0.15, 0.2) is 48.5 Å². The lowest BCUT2D eigenvalue weighted by Gasteiger charge is -2.32. The van der Waals surface area contributed by atoms with E-state index in [2.05, 4.69) is 5.32 Å². The van der Waals surface area contributed by atoms with Gasteiger partial charge in [0.2, 0.25) is 21.8 Å². The van der Waals surface area contributed by atoms with E-state index in [1.165, 1.54) is 47.4 Å². The Kier molecular flexibility index (Phi) is 8.54. The van der Waals surface area contributed by atoms with Crippen molar-refractivity contribution in [3.63, 3.8) is 0 Å². The standard InChI is InChI=1S/C24H29ClFN3O4S/c1-17(24(31)27-20-8-4-5-9-20)28(15-18-7-3-6-10-22(18)26)23(30)16-29(34(2,32)33)21-13-11-19(25)12-14-21/h3,6-7,10-14,17,20H,4-5,8-9,15-16H2,1-2H3,(H,27,31). The molecule has 0 radical (unpaired) electrons. The van der Waals surface area contributed by atoms with E-state index in [-0.39, 0.29) is 29.7 Å². The predicted octanol–water partition coefficient (Wildman–Crippen LogP) is 3.72. The van der Waals surface area contributed by atoms with Gasteiger partial charge in [-0.05, 0) is 50.1 Å². The Morgan fingerprint density at radius 3 is 2.32 bits per heavy atom.